The van der Waals surface area contributed by atoms with Crippen molar-refractivity contribution in [1.29, 1.82) is 0 Å². The molecule has 0 bridgehead atoms. The third kappa shape index (κ3) is 6.16. The Hall–Kier alpha value is -7.43. The Morgan fingerprint density at radius 3 is 1.05 bits per heavy atom. The Kier molecular flexibility index (Phi) is 8.12. The number of nitrogens with zero attached hydrogens (tertiary/aromatic N) is 4. The average molecular weight is 703 g/mol. The van der Waals surface area contributed by atoms with E-state index in [2.05, 4.69) is 150 Å². The average Bonchev–Trinajstić information content (AvgIpc) is 3.60. The maximum atomic E-state index is 5.06. The Morgan fingerprint density at radius 2 is 0.600 bits per heavy atom. The summed E-state index contributed by atoms with van der Waals surface area (Å²) >= 11 is 0. The third-order valence-electron chi connectivity index (χ3n) is 10.2. The summed E-state index contributed by atoms with van der Waals surface area (Å²) in [6.07, 6.45) is 0. The van der Waals surface area contributed by atoms with Gasteiger partial charge in [0.05, 0.1) is 11.0 Å². The second kappa shape index (κ2) is 13.8. The molecule has 0 spiro atoms. The van der Waals surface area contributed by atoms with Gasteiger partial charge in [0.1, 0.15) is 0 Å². The lowest BCUT2D eigenvalue weighted by Crippen LogP contribution is -2.00. The fourth-order valence-corrected chi connectivity index (χ4v) is 7.52. The smallest absolute Gasteiger partial charge is 0.164 e. The molecule has 10 aromatic rings. The monoisotopic (exact) mass is 702 g/mol. The highest BCUT2D eigenvalue weighted by molar-refractivity contribution is 6.11. The summed E-state index contributed by atoms with van der Waals surface area (Å²) < 4.78 is 2.35. The number of rotatable bonds is 7. The minimum Gasteiger partial charge on any atom is -0.309 e. The molecular formula is C51H34N4. The molecule has 0 aliphatic heterocycles. The predicted molar refractivity (Wildman–Crippen MR) is 227 cm³/mol. The fraction of sp³-hybridized carbons (Fsp3) is 0. The lowest BCUT2D eigenvalue weighted by molar-refractivity contribution is 1.07. The summed E-state index contributed by atoms with van der Waals surface area (Å²) in [4.78, 5) is 15.1. The number of benzene rings is 8. The van der Waals surface area contributed by atoms with Crippen LogP contribution in [0.25, 0.3) is 95.0 Å². The zero-order chi connectivity index (χ0) is 36.6. The molecule has 0 saturated heterocycles. The maximum Gasteiger partial charge on any atom is 0.164 e. The second-order valence-corrected chi connectivity index (χ2v) is 13.7. The van der Waals surface area contributed by atoms with Gasteiger partial charge in [-0.15, -0.1) is 0 Å². The van der Waals surface area contributed by atoms with Crippen molar-refractivity contribution in [3.05, 3.63) is 206 Å². The van der Waals surface area contributed by atoms with Crippen LogP contribution in [0, 0.1) is 0 Å². The van der Waals surface area contributed by atoms with Crippen LogP contribution in [0.2, 0.25) is 0 Å². The van der Waals surface area contributed by atoms with Crippen LogP contribution in [-0.4, -0.2) is 19.5 Å². The first-order valence-corrected chi connectivity index (χ1v) is 18.5. The van der Waals surface area contributed by atoms with Crippen molar-refractivity contribution in [3.63, 3.8) is 0 Å². The highest BCUT2D eigenvalue weighted by atomic mass is 15.0. The molecule has 0 N–H and O–H groups in total. The highest BCUT2D eigenvalue weighted by Crippen LogP contribution is 2.39. The van der Waals surface area contributed by atoms with Crippen molar-refractivity contribution in [2.45, 2.75) is 0 Å². The van der Waals surface area contributed by atoms with Crippen LogP contribution in [0.4, 0.5) is 0 Å². The third-order valence-corrected chi connectivity index (χ3v) is 10.2. The summed E-state index contributed by atoms with van der Waals surface area (Å²) in [7, 11) is 0. The lowest BCUT2D eigenvalue weighted by atomic mass is 9.93. The molecule has 0 atom stereocenters. The molecule has 8 aromatic carbocycles. The predicted octanol–water partition coefficient (Wildman–Crippen LogP) is 13.0. The zero-order valence-electron chi connectivity index (χ0n) is 29.9. The molecule has 0 fully saturated rings. The standard InChI is InChI=1S/C51H34N4/c1-6-16-35(17-7-1)41-30-42(36-18-8-2-9-19-36)32-43(31-41)39-26-28-47-45(33-39)46-34-40(27-29-48(46)55(47)44-24-14-5-15-25-44)51-53-49(37-20-10-3-11-21-37)52-50(54-51)38-22-12-4-13-23-38/h1-34H. The molecule has 258 valence electrons. The largest absolute Gasteiger partial charge is 0.309 e. The van der Waals surface area contributed by atoms with Crippen molar-refractivity contribution in [3.8, 4) is 73.2 Å². The van der Waals surface area contributed by atoms with Gasteiger partial charge in [-0.2, -0.15) is 0 Å². The van der Waals surface area contributed by atoms with Crippen LogP contribution in [0.15, 0.2) is 206 Å². The zero-order valence-corrected chi connectivity index (χ0v) is 29.9. The van der Waals surface area contributed by atoms with E-state index in [4.69, 9.17) is 15.0 Å². The summed E-state index contributed by atoms with van der Waals surface area (Å²) in [6, 6.07) is 72.5. The van der Waals surface area contributed by atoms with Gasteiger partial charge in [0.15, 0.2) is 17.5 Å². The first-order chi connectivity index (χ1) is 27.2. The van der Waals surface area contributed by atoms with Crippen molar-refractivity contribution in [2.75, 3.05) is 0 Å². The van der Waals surface area contributed by atoms with E-state index in [1.54, 1.807) is 0 Å². The van der Waals surface area contributed by atoms with Crippen LogP contribution < -0.4 is 0 Å². The molecule has 2 aromatic heterocycles. The molecular weight excluding hydrogens is 669 g/mol. The summed E-state index contributed by atoms with van der Waals surface area (Å²) in [5.41, 5.74) is 13.2. The summed E-state index contributed by atoms with van der Waals surface area (Å²) in [5, 5.41) is 2.29. The molecule has 0 radical (unpaired) electrons. The molecule has 2 heterocycles. The van der Waals surface area contributed by atoms with Crippen molar-refractivity contribution < 1.29 is 0 Å². The van der Waals surface area contributed by atoms with E-state index in [-0.39, 0.29) is 0 Å². The number of hydrogen-bond donors (Lipinski definition) is 0. The van der Waals surface area contributed by atoms with Gasteiger partial charge >= 0.3 is 0 Å². The van der Waals surface area contributed by atoms with Crippen molar-refractivity contribution in [2.24, 2.45) is 0 Å². The van der Waals surface area contributed by atoms with Crippen molar-refractivity contribution in [1.82, 2.24) is 19.5 Å². The molecule has 0 saturated carbocycles. The number of para-hydroxylation sites is 1. The van der Waals surface area contributed by atoms with Crippen LogP contribution in [0.1, 0.15) is 0 Å². The van der Waals surface area contributed by atoms with E-state index in [0.717, 1.165) is 55.3 Å². The van der Waals surface area contributed by atoms with Gasteiger partial charge in [-0.25, -0.2) is 15.0 Å². The van der Waals surface area contributed by atoms with E-state index in [1.807, 2.05) is 60.7 Å². The Morgan fingerprint density at radius 1 is 0.255 bits per heavy atom. The van der Waals surface area contributed by atoms with Crippen LogP contribution in [-0.2, 0) is 0 Å². The van der Waals surface area contributed by atoms with E-state index < -0.39 is 0 Å². The lowest BCUT2D eigenvalue weighted by Gasteiger charge is -2.12. The Bertz CT molecular complexity index is 2640. The van der Waals surface area contributed by atoms with Gasteiger partial charge in [-0.3, -0.25) is 0 Å². The first-order valence-electron chi connectivity index (χ1n) is 18.5. The normalized spacial score (nSPS) is 11.3. The quantitative estimate of drug-likeness (QED) is 0.166. The number of hydrogen-bond acceptors (Lipinski definition) is 3. The Balaban J connectivity index is 1.19. The molecule has 0 amide bonds. The maximum absolute atomic E-state index is 5.06. The summed E-state index contributed by atoms with van der Waals surface area (Å²) in [5.74, 6) is 1.92. The van der Waals surface area contributed by atoms with Gasteiger partial charge in [0.2, 0.25) is 0 Å². The molecule has 0 unspecified atom stereocenters. The van der Waals surface area contributed by atoms with Gasteiger partial charge in [0.25, 0.3) is 0 Å². The van der Waals surface area contributed by atoms with Crippen molar-refractivity contribution >= 4 is 21.8 Å². The van der Waals surface area contributed by atoms with Gasteiger partial charge in [-0.05, 0) is 94.0 Å². The fourth-order valence-electron chi connectivity index (χ4n) is 7.52. The van der Waals surface area contributed by atoms with Crippen LogP contribution in [0.5, 0.6) is 0 Å². The topological polar surface area (TPSA) is 43.6 Å². The summed E-state index contributed by atoms with van der Waals surface area (Å²) in [6.45, 7) is 0. The van der Waals surface area contributed by atoms with E-state index in [0.29, 0.717) is 17.5 Å². The molecule has 4 nitrogen and oxygen atoms in total. The van der Waals surface area contributed by atoms with Crippen LogP contribution in [0.3, 0.4) is 0 Å². The van der Waals surface area contributed by atoms with Gasteiger partial charge in [0, 0.05) is 33.2 Å². The van der Waals surface area contributed by atoms with Gasteiger partial charge < -0.3 is 4.57 Å². The van der Waals surface area contributed by atoms with E-state index in [1.165, 1.54) is 22.3 Å². The molecule has 10 rings (SSSR count). The van der Waals surface area contributed by atoms with E-state index >= 15 is 0 Å². The van der Waals surface area contributed by atoms with E-state index in [9.17, 15) is 0 Å². The SMILES string of the molecule is c1ccc(-c2cc(-c3ccccc3)cc(-c3ccc4c(c3)c3cc(-c5nc(-c6ccccc6)nc(-c6ccccc6)n5)ccc3n4-c3ccccc3)c2)cc1. The van der Waals surface area contributed by atoms with Gasteiger partial charge in [-0.1, -0.05) is 146 Å². The molecule has 0 aliphatic carbocycles. The number of aromatic nitrogens is 4. The highest BCUT2D eigenvalue weighted by Gasteiger charge is 2.18. The Labute approximate surface area is 319 Å². The molecule has 55 heavy (non-hydrogen) atoms. The van der Waals surface area contributed by atoms with Crippen LogP contribution >= 0.6 is 0 Å². The molecule has 4 heteroatoms. The minimum atomic E-state index is 0.634. The second-order valence-electron chi connectivity index (χ2n) is 13.7. The molecule has 0 aliphatic rings. The first kappa shape index (κ1) is 32.2. The number of fused-ring (bicyclic) bond motifs is 3. The minimum absolute atomic E-state index is 0.634.